The molecule has 2 unspecified atom stereocenters. The zero-order valence-corrected chi connectivity index (χ0v) is 31.8. The molecule has 9 rings (SSSR count). The number of carbonyl (C=O) groups excluding carboxylic acids is 3. The minimum atomic E-state index is -1.19. The average Bonchev–Trinajstić information content (AvgIpc) is 3.75. The van der Waals surface area contributed by atoms with Crippen LogP contribution < -0.4 is 20.9 Å². The van der Waals surface area contributed by atoms with Crippen LogP contribution in [0.25, 0.3) is 22.2 Å². The molecule has 4 aromatic rings. The number of aliphatic hydroxyl groups is 1. The number of nitrogen functional groups attached to an aromatic ring is 1. The van der Waals surface area contributed by atoms with Gasteiger partial charge < -0.3 is 25.5 Å². The Kier molecular flexibility index (Phi) is 10.1. The second kappa shape index (κ2) is 15.4. The molecule has 5 aliphatic heterocycles. The molecule has 56 heavy (non-hydrogen) atoms. The number of fused-ring (bicyclic) bond motifs is 2. The van der Waals surface area contributed by atoms with E-state index < -0.39 is 18.2 Å². The predicted molar refractivity (Wildman–Crippen MR) is 214 cm³/mol. The maximum Gasteiger partial charge on any atom is 0.257 e. The van der Waals surface area contributed by atoms with Gasteiger partial charge in [0.1, 0.15) is 17.6 Å². The molecule has 5 N–H and O–H groups in total. The summed E-state index contributed by atoms with van der Waals surface area (Å²) >= 11 is 0. The van der Waals surface area contributed by atoms with Crippen LogP contribution >= 0.6 is 0 Å². The van der Waals surface area contributed by atoms with Crippen LogP contribution in [-0.4, -0.2) is 149 Å². The number of piperazine rings is 2. The third kappa shape index (κ3) is 7.31. The number of H-pyrrole nitrogens is 1. The summed E-state index contributed by atoms with van der Waals surface area (Å²) in [6.07, 6.45) is 3.24. The van der Waals surface area contributed by atoms with Gasteiger partial charge in [0.25, 0.3) is 5.91 Å². The van der Waals surface area contributed by atoms with E-state index in [1.807, 2.05) is 48.7 Å². The number of hydrogen-bond acceptors (Lipinski definition) is 12. The largest absolute Gasteiger partial charge is 0.399 e. The minimum Gasteiger partial charge on any atom is -0.399 e. The number of aliphatic hydroxyl groups excluding tert-OH is 1. The molecular weight excluding hydrogens is 711 g/mol. The number of hydrogen-bond donors (Lipinski definition) is 4. The van der Waals surface area contributed by atoms with E-state index in [0.29, 0.717) is 17.0 Å². The molecule has 15 heteroatoms. The molecule has 4 fully saturated rings. The fourth-order valence-corrected chi connectivity index (χ4v) is 9.22. The van der Waals surface area contributed by atoms with Crippen LogP contribution in [0.4, 0.5) is 17.2 Å². The third-order valence-electron chi connectivity index (χ3n) is 12.6. The number of nitrogens with zero attached hydrogens (tertiary/aromatic N) is 8. The first-order chi connectivity index (χ1) is 27.3. The van der Waals surface area contributed by atoms with Gasteiger partial charge in [-0.2, -0.15) is 5.10 Å². The van der Waals surface area contributed by atoms with Crippen molar-refractivity contribution >= 4 is 45.8 Å². The molecular formula is C41H51N11O4. The number of rotatable bonds is 9. The Morgan fingerprint density at radius 3 is 2.27 bits per heavy atom. The van der Waals surface area contributed by atoms with Crippen molar-refractivity contribution in [1.29, 1.82) is 0 Å². The number of pyridine rings is 1. The molecule has 0 radical (unpaired) electrons. The Balaban J connectivity index is 0.694. The highest BCUT2D eigenvalue weighted by Crippen LogP contribution is 2.38. The Labute approximate surface area is 326 Å². The summed E-state index contributed by atoms with van der Waals surface area (Å²) in [5.74, 6) is 0.398. The smallest absolute Gasteiger partial charge is 0.257 e. The predicted octanol–water partition coefficient (Wildman–Crippen LogP) is 2.12. The van der Waals surface area contributed by atoms with Crippen LogP contribution in [0.3, 0.4) is 0 Å². The first-order valence-electron chi connectivity index (χ1n) is 20.1. The quantitative estimate of drug-likeness (QED) is 0.145. The molecule has 0 spiro atoms. The monoisotopic (exact) mass is 761 g/mol. The van der Waals surface area contributed by atoms with Gasteiger partial charge in [-0.15, -0.1) is 0 Å². The van der Waals surface area contributed by atoms with Crippen LogP contribution in [-0.2, 0) is 9.59 Å². The van der Waals surface area contributed by atoms with E-state index in [9.17, 15) is 19.5 Å². The summed E-state index contributed by atoms with van der Waals surface area (Å²) in [6.45, 7) is 13.5. The molecule has 2 aromatic carbocycles. The molecule has 7 heterocycles. The van der Waals surface area contributed by atoms with E-state index in [2.05, 4.69) is 46.1 Å². The molecule has 4 saturated heterocycles. The number of carbonyl (C=O) groups is 3. The Bertz CT molecular complexity index is 2100. The van der Waals surface area contributed by atoms with Gasteiger partial charge in [-0.25, -0.2) is 4.98 Å². The van der Waals surface area contributed by atoms with Gasteiger partial charge in [0, 0.05) is 131 Å². The fourth-order valence-electron chi connectivity index (χ4n) is 9.22. The van der Waals surface area contributed by atoms with Crippen molar-refractivity contribution in [3.05, 3.63) is 65.9 Å². The van der Waals surface area contributed by atoms with E-state index in [0.717, 1.165) is 137 Å². The summed E-state index contributed by atoms with van der Waals surface area (Å²) < 4.78 is 0. The van der Waals surface area contributed by atoms with Gasteiger partial charge in [0.2, 0.25) is 11.8 Å². The molecule has 294 valence electrons. The van der Waals surface area contributed by atoms with Crippen LogP contribution in [0.1, 0.15) is 47.8 Å². The van der Waals surface area contributed by atoms with E-state index in [1.54, 1.807) is 0 Å². The molecule has 15 nitrogen and oxygen atoms in total. The molecule has 0 saturated carbocycles. The van der Waals surface area contributed by atoms with Crippen molar-refractivity contribution in [1.82, 2.24) is 40.1 Å². The SMILES string of the molecule is Nc1ccc2[nH]nc(-c3ccnc(N4CCN(CCN5CCN(CC6CCN(c7ccc8c(c7)C(=O)N(C7CCC(=O)NC7=O)C8O)CC6)CC5)CC4)c3)c2c1. The number of aromatic amines is 1. The second-order valence-electron chi connectivity index (χ2n) is 16.0. The zero-order chi connectivity index (χ0) is 38.3. The van der Waals surface area contributed by atoms with E-state index in [-0.39, 0.29) is 24.7 Å². The Morgan fingerprint density at radius 2 is 1.52 bits per heavy atom. The average molecular weight is 762 g/mol. The fraction of sp³-hybridized carbons (Fsp3) is 0.488. The first-order valence-corrected chi connectivity index (χ1v) is 20.1. The summed E-state index contributed by atoms with van der Waals surface area (Å²) in [7, 11) is 0. The lowest BCUT2D eigenvalue weighted by Crippen LogP contribution is -2.53. The third-order valence-corrected chi connectivity index (χ3v) is 12.6. The van der Waals surface area contributed by atoms with Crippen molar-refractivity contribution in [3.63, 3.8) is 0 Å². The lowest BCUT2D eigenvalue weighted by molar-refractivity contribution is -0.139. The van der Waals surface area contributed by atoms with Crippen LogP contribution in [0.5, 0.6) is 0 Å². The summed E-state index contributed by atoms with van der Waals surface area (Å²) in [5.41, 5.74) is 11.6. The van der Waals surface area contributed by atoms with E-state index in [4.69, 9.17) is 10.7 Å². The second-order valence-corrected chi connectivity index (χ2v) is 16.0. The number of benzene rings is 2. The summed E-state index contributed by atoms with van der Waals surface area (Å²) in [6, 6.07) is 14.8. The van der Waals surface area contributed by atoms with Gasteiger partial charge in [-0.1, -0.05) is 6.07 Å². The maximum absolute atomic E-state index is 13.4. The maximum atomic E-state index is 13.4. The molecule has 2 aromatic heterocycles. The number of imide groups is 1. The summed E-state index contributed by atoms with van der Waals surface area (Å²) in [5, 5.41) is 22.0. The normalized spacial score (nSPS) is 23.3. The number of nitrogens with one attached hydrogen (secondary N) is 2. The molecule has 2 atom stereocenters. The van der Waals surface area contributed by atoms with Crippen molar-refractivity contribution in [2.75, 3.05) is 101 Å². The van der Waals surface area contributed by atoms with Crippen molar-refractivity contribution in [3.8, 4) is 11.3 Å². The van der Waals surface area contributed by atoms with Crippen LogP contribution in [0.15, 0.2) is 54.7 Å². The molecule has 0 bridgehead atoms. The van der Waals surface area contributed by atoms with Gasteiger partial charge >= 0.3 is 0 Å². The number of piperidine rings is 2. The van der Waals surface area contributed by atoms with Crippen molar-refractivity contribution in [2.45, 2.75) is 38.0 Å². The summed E-state index contributed by atoms with van der Waals surface area (Å²) in [4.78, 5) is 56.0. The van der Waals surface area contributed by atoms with Gasteiger partial charge in [0.15, 0.2) is 6.23 Å². The standard InChI is InChI=1S/C41H51N11O4/c42-29-1-4-34-33(24-29)38(46-45-34)28-7-10-43-36(23-28)51-21-19-48(20-22-51)14-13-47-15-17-49(18-16-47)26-27-8-11-50(12-9-27)30-2-3-31-32(25-30)41(56)52(40(31)55)35-5-6-37(53)44-39(35)54/h1-4,7,10,23-25,27,35,40,55H,5-6,8-9,11-22,26,42H2,(H,45,46)(H,44,53,54). The number of anilines is 3. The van der Waals surface area contributed by atoms with Gasteiger partial charge in [-0.05, 0) is 67.6 Å². The van der Waals surface area contributed by atoms with Gasteiger partial charge in [0.05, 0.1) is 5.52 Å². The highest BCUT2D eigenvalue weighted by molar-refractivity contribution is 6.06. The van der Waals surface area contributed by atoms with Crippen LogP contribution in [0.2, 0.25) is 0 Å². The van der Waals surface area contributed by atoms with Crippen LogP contribution in [0, 0.1) is 5.92 Å². The highest BCUT2D eigenvalue weighted by atomic mass is 16.3. The van der Waals surface area contributed by atoms with Crippen molar-refractivity contribution < 1.29 is 19.5 Å². The topological polar surface area (TPSA) is 170 Å². The zero-order valence-electron chi connectivity index (χ0n) is 31.8. The minimum absolute atomic E-state index is 0.150. The molecule has 3 amide bonds. The lowest BCUT2D eigenvalue weighted by atomic mass is 9.95. The Hall–Kier alpha value is -5.09. The molecule has 0 aliphatic carbocycles. The number of aromatic nitrogens is 3. The lowest BCUT2D eigenvalue weighted by Gasteiger charge is -2.40. The first kappa shape index (κ1) is 36.5. The Morgan fingerprint density at radius 1 is 0.786 bits per heavy atom. The van der Waals surface area contributed by atoms with Crippen molar-refractivity contribution in [2.24, 2.45) is 5.92 Å². The van der Waals surface area contributed by atoms with E-state index in [1.165, 1.54) is 4.90 Å². The van der Waals surface area contributed by atoms with Gasteiger partial charge in [-0.3, -0.25) is 39.5 Å². The number of amides is 3. The molecule has 5 aliphatic rings. The number of nitrogens with two attached hydrogens (primary N) is 1. The highest BCUT2D eigenvalue weighted by Gasteiger charge is 2.44. The van der Waals surface area contributed by atoms with E-state index >= 15 is 0 Å².